The third-order valence-electron chi connectivity index (χ3n) is 1.87. The summed E-state index contributed by atoms with van der Waals surface area (Å²) in [5, 5.41) is 1.12. The summed E-state index contributed by atoms with van der Waals surface area (Å²) in [6.45, 7) is 2.69. The van der Waals surface area contributed by atoms with Crippen molar-refractivity contribution < 1.29 is 4.74 Å². The highest BCUT2D eigenvalue weighted by molar-refractivity contribution is 7.18. The Morgan fingerprint density at radius 3 is 3.08 bits per heavy atom. The number of ether oxygens (including phenoxy) is 1. The number of nitrogens with zero attached hydrogens (tertiary/aromatic N) is 1. The maximum atomic E-state index is 5.06. The van der Waals surface area contributed by atoms with Gasteiger partial charge in [0.25, 0.3) is 0 Å². The van der Waals surface area contributed by atoms with E-state index in [1.54, 1.807) is 18.4 Å². The van der Waals surface area contributed by atoms with Crippen molar-refractivity contribution in [2.75, 3.05) is 7.11 Å². The van der Waals surface area contributed by atoms with Crippen LogP contribution in [0.25, 0.3) is 10.2 Å². The molecule has 0 bridgehead atoms. The molecule has 0 fully saturated rings. The molecule has 0 unspecified atom stereocenters. The molecule has 3 heteroatoms. The normalized spacial score (nSPS) is 10.9. The molecule has 0 spiro atoms. The number of aryl methyl sites for hydroxylation is 1. The number of hydrogen-bond acceptors (Lipinski definition) is 3. The number of thiazole rings is 1. The van der Waals surface area contributed by atoms with Gasteiger partial charge >= 0.3 is 0 Å². The molecule has 0 aliphatic rings. The van der Waals surface area contributed by atoms with Crippen LogP contribution < -0.4 is 0 Å². The van der Waals surface area contributed by atoms with E-state index in [0.717, 1.165) is 10.5 Å². The van der Waals surface area contributed by atoms with Crippen molar-refractivity contribution in [3.8, 4) is 0 Å². The molecule has 1 aromatic heterocycles. The number of aromatic nitrogens is 1. The minimum Gasteiger partial charge on any atom is -0.380 e. The van der Waals surface area contributed by atoms with E-state index in [9.17, 15) is 0 Å². The van der Waals surface area contributed by atoms with Gasteiger partial charge in [0.15, 0.2) is 0 Å². The second-order valence-corrected chi connectivity index (χ2v) is 4.20. The van der Waals surface area contributed by atoms with Crippen LogP contribution in [0.1, 0.15) is 10.6 Å². The van der Waals surface area contributed by atoms with Crippen LogP contribution in [0.2, 0.25) is 0 Å². The van der Waals surface area contributed by atoms with E-state index < -0.39 is 0 Å². The highest BCUT2D eigenvalue weighted by Gasteiger charge is 2.00. The quantitative estimate of drug-likeness (QED) is 0.731. The van der Waals surface area contributed by atoms with E-state index in [1.807, 2.05) is 6.92 Å². The van der Waals surface area contributed by atoms with Crippen molar-refractivity contribution in [1.29, 1.82) is 0 Å². The number of benzene rings is 1. The van der Waals surface area contributed by atoms with Gasteiger partial charge in [-0.3, -0.25) is 0 Å². The van der Waals surface area contributed by atoms with Gasteiger partial charge in [-0.1, -0.05) is 6.07 Å². The van der Waals surface area contributed by atoms with E-state index in [2.05, 4.69) is 23.2 Å². The lowest BCUT2D eigenvalue weighted by Gasteiger charge is -1.97. The largest absolute Gasteiger partial charge is 0.380 e. The molecule has 0 saturated heterocycles. The van der Waals surface area contributed by atoms with E-state index in [4.69, 9.17) is 4.74 Å². The molecule has 1 aromatic carbocycles. The van der Waals surface area contributed by atoms with Gasteiger partial charge in [-0.2, -0.15) is 0 Å². The molecule has 0 amide bonds. The summed E-state index contributed by atoms with van der Waals surface area (Å²) < 4.78 is 6.31. The highest BCUT2D eigenvalue weighted by Crippen LogP contribution is 2.22. The van der Waals surface area contributed by atoms with Gasteiger partial charge in [-0.05, 0) is 24.6 Å². The van der Waals surface area contributed by atoms with Crippen LogP contribution >= 0.6 is 11.3 Å². The maximum absolute atomic E-state index is 5.06. The molecular weight excluding hydrogens is 182 g/mol. The van der Waals surface area contributed by atoms with Crippen LogP contribution in [0.3, 0.4) is 0 Å². The fourth-order valence-corrected chi connectivity index (χ4v) is 2.15. The molecular formula is C10H11NOS. The highest BCUT2D eigenvalue weighted by atomic mass is 32.1. The molecule has 0 radical (unpaired) electrons. The second-order valence-electron chi connectivity index (χ2n) is 2.97. The first-order valence-electron chi connectivity index (χ1n) is 4.14. The van der Waals surface area contributed by atoms with Crippen molar-refractivity contribution >= 4 is 21.6 Å². The first-order chi connectivity index (χ1) is 6.29. The maximum Gasteiger partial charge on any atom is 0.0907 e. The van der Waals surface area contributed by atoms with E-state index in [0.29, 0.717) is 6.61 Å². The topological polar surface area (TPSA) is 22.1 Å². The Hall–Kier alpha value is -0.930. The van der Waals surface area contributed by atoms with Crippen molar-refractivity contribution in [2.24, 2.45) is 0 Å². The van der Waals surface area contributed by atoms with Crippen molar-refractivity contribution in [3.63, 3.8) is 0 Å². The average molecular weight is 193 g/mol. The van der Waals surface area contributed by atoms with Gasteiger partial charge in [0.1, 0.15) is 0 Å². The summed E-state index contributed by atoms with van der Waals surface area (Å²) >= 11 is 1.73. The van der Waals surface area contributed by atoms with Gasteiger partial charge in [-0.25, -0.2) is 4.98 Å². The molecule has 0 saturated carbocycles. The van der Waals surface area contributed by atoms with Crippen LogP contribution in [-0.2, 0) is 11.3 Å². The monoisotopic (exact) mass is 193 g/mol. The Morgan fingerprint density at radius 2 is 2.31 bits per heavy atom. The minimum absolute atomic E-state index is 0.659. The minimum atomic E-state index is 0.659. The van der Waals surface area contributed by atoms with Gasteiger partial charge in [0.2, 0.25) is 0 Å². The Balaban J connectivity index is 2.48. The first-order valence-corrected chi connectivity index (χ1v) is 4.96. The van der Waals surface area contributed by atoms with Gasteiger partial charge in [0, 0.05) is 7.11 Å². The van der Waals surface area contributed by atoms with E-state index in [-0.39, 0.29) is 0 Å². The molecule has 0 aliphatic carbocycles. The summed E-state index contributed by atoms with van der Waals surface area (Å²) in [6, 6.07) is 6.28. The second kappa shape index (κ2) is 3.44. The molecule has 2 aromatic rings. The third kappa shape index (κ3) is 1.71. The Kier molecular flexibility index (Phi) is 2.29. The fraction of sp³-hybridized carbons (Fsp3) is 0.300. The number of fused-ring (bicyclic) bond motifs is 1. The molecule has 1 heterocycles. The average Bonchev–Trinajstić information content (AvgIpc) is 2.44. The van der Waals surface area contributed by atoms with Gasteiger partial charge in [-0.15, -0.1) is 11.3 Å². The molecule has 0 atom stereocenters. The molecule has 68 valence electrons. The summed E-state index contributed by atoms with van der Waals surface area (Å²) in [4.78, 5) is 4.42. The molecule has 2 nitrogen and oxygen atoms in total. The number of rotatable bonds is 2. The summed E-state index contributed by atoms with van der Waals surface area (Å²) in [7, 11) is 1.70. The van der Waals surface area contributed by atoms with Gasteiger partial charge in [0.05, 0.1) is 21.8 Å². The zero-order valence-corrected chi connectivity index (χ0v) is 8.52. The molecule has 2 rings (SSSR count). The lowest BCUT2D eigenvalue weighted by atomic mass is 10.2. The van der Waals surface area contributed by atoms with Crippen LogP contribution in [0.5, 0.6) is 0 Å². The SMILES string of the molecule is COCc1ccc2sc(C)nc2c1. The lowest BCUT2D eigenvalue weighted by molar-refractivity contribution is 0.185. The third-order valence-corrected chi connectivity index (χ3v) is 2.82. The number of hydrogen-bond donors (Lipinski definition) is 0. The summed E-state index contributed by atoms with van der Waals surface area (Å²) in [6.07, 6.45) is 0. The predicted molar refractivity (Wildman–Crippen MR) is 55.1 cm³/mol. The molecule has 13 heavy (non-hydrogen) atoms. The van der Waals surface area contributed by atoms with Crippen molar-refractivity contribution in [3.05, 3.63) is 28.8 Å². The van der Waals surface area contributed by atoms with Crippen LogP contribution in [-0.4, -0.2) is 12.1 Å². The zero-order valence-electron chi connectivity index (χ0n) is 7.70. The zero-order chi connectivity index (χ0) is 9.26. The lowest BCUT2D eigenvalue weighted by Crippen LogP contribution is -1.85. The molecule has 0 aliphatic heterocycles. The fourth-order valence-electron chi connectivity index (χ4n) is 1.34. The smallest absolute Gasteiger partial charge is 0.0907 e. The first kappa shape index (κ1) is 8.66. The Bertz CT molecular complexity index is 422. The van der Waals surface area contributed by atoms with Crippen molar-refractivity contribution in [1.82, 2.24) is 4.98 Å². The Morgan fingerprint density at radius 1 is 1.46 bits per heavy atom. The van der Waals surface area contributed by atoms with Crippen LogP contribution in [0.4, 0.5) is 0 Å². The molecule has 0 N–H and O–H groups in total. The van der Waals surface area contributed by atoms with E-state index in [1.165, 1.54) is 10.3 Å². The van der Waals surface area contributed by atoms with Crippen LogP contribution in [0.15, 0.2) is 18.2 Å². The van der Waals surface area contributed by atoms with E-state index >= 15 is 0 Å². The summed E-state index contributed by atoms with van der Waals surface area (Å²) in [5.41, 5.74) is 2.26. The predicted octanol–water partition coefficient (Wildman–Crippen LogP) is 2.75. The Labute approximate surface area is 81.2 Å². The van der Waals surface area contributed by atoms with Gasteiger partial charge < -0.3 is 4.74 Å². The van der Waals surface area contributed by atoms with Crippen LogP contribution in [0, 0.1) is 6.92 Å². The summed E-state index contributed by atoms with van der Waals surface area (Å²) in [5.74, 6) is 0. The van der Waals surface area contributed by atoms with Crippen molar-refractivity contribution in [2.45, 2.75) is 13.5 Å². The number of methoxy groups -OCH3 is 1. The standard InChI is InChI=1S/C10H11NOS/c1-7-11-9-5-8(6-12-2)3-4-10(9)13-7/h3-5H,6H2,1-2H3.